The van der Waals surface area contributed by atoms with Gasteiger partial charge in [0.1, 0.15) is 0 Å². The van der Waals surface area contributed by atoms with Crippen molar-refractivity contribution < 1.29 is 18.1 Å². The van der Waals surface area contributed by atoms with E-state index in [4.69, 9.17) is 9.66 Å². The zero-order valence-corrected chi connectivity index (χ0v) is 4.80. The van der Waals surface area contributed by atoms with E-state index in [0.717, 1.165) is 0 Å². The molecule has 0 bridgehead atoms. The van der Waals surface area contributed by atoms with Crippen molar-refractivity contribution in [2.45, 2.75) is 5.44 Å². The van der Waals surface area contributed by atoms with E-state index in [0.29, 0.717) is 0 Å². The first-order chi connectivity index (χ1) is 3.48. The summed E-state index contributed by atoms with van der Waals surface area (Å²) in [5.41, 5.74) is 2.82. The van der Waals surface area contributed by atoms with Crippen molar-refractivity contribution in [3.8, 4) is 0 Å². The van der Waals surface area contributed by atoms with Crippen molar-refractivity contribution in [1.82, 2.24) is 0 Å². The summed E-state index contributed by atoms with van der Waals surface area (Å²) in [6.07, 6.45) is 0. The number of aliphatic hydroxyl groups excluding tert-OH is 1. The Morgan fingerprint density at radius 2 is 1.89 bits per heavy atom. The maximum atomic E-state index is 9.79. The van der Waals surface area contributed by atoms with E-state index >= 15 is 0 Å². The Morgan fingerprint density at radius 3 is 1.89 bits per heavy atom. The van der Waals surface area contributed by atoms with Gasteiger partial charge in [0, 0.05) is 6.54 Å². The van der Waals surface area contributed by atoms with Gasteiger partial charge in [0.15, 0.2) is 5.44 Å². The van der Waals surface area contributed by atoms with Crippen LogP contribution in [0.5, 0.6) is 0 Å². The SMILES string of the molecule is NCC(O)S(=O)(=O)O.[NaH]. The van der Waals surface area contributed by atoms with E-state index in [1.165, 1.54) is 0 Å². The molecular weight excluding hydrogens is 157 g/mol. The summed E-state index contributed by atoms with van der Waals surface area (Å²) in [7, 11) is -4.32. The van der Waals surface area contributed by atoms with Crippen LogP contribution in [0.15, 0.2) is 0 Å². The van der Waals surface area contributed by atoms with E-state index in [1.807, 2.05) is 0 Å². The molecule has 0 aromatic carbocycles. The topological polar surface area (TPSA) is 101 Å². The Bertz CT molecular complexity index is 154. The number of nitrogens with two attached hydrogens (primary N) is 1. The summed E-state index contributed by atoms with van der Waals surface area (Å²) in [5.74, 6) is 0. The molecule has 0 fully saturated rings. The third kappa shape index (κ3) is 5.28. The molecule has 1 atom stereocenters. The van der Waals surface area contributed by atoms with Gasteiger partial charge in [-0.1, -0.05) is 0 Å². The summed E-state index contributed by atoms with van der Waals surface area (Å²) in [4.78, 5) is 0. The first-order valence-corrected chi connectivity index (χ1v) is 3.33. The molecule has 0 aromatic rings. The number of hydrogen-bond donors (Lipinski definition) is 3. The first kappa shape index (κ1) is 12.5. The molecular formula is C2H8NNaO4S. The zero-order chi connectivity index (χ0) is 6.78. The minimum atomic E-state index is -4.32. The average Bonchev–Trinajstić information content (AvgIpc) is 1.62. The van der Waals surface area contributed by atoms with Crippen LogP contribution in [-0.4, -0.2) is 59.6 Å². The van der Waals surface area contributed by atoms with Crippen LogP contribution in [0, 0.1) is 0 Å². The van der Waals surface area contributed by atoms with E-state index < -0.39 is 22.1 Å². The predicted octanol–water partition coefficient (Wildman–Crippen LogP) is -2.50. The fraction of sp³-hybridized carbons (Fsp3) is 1.00. The summed E-state index contributed by atoms with van der Waals surface area (Å²) in [5, 5.41) is 8.23. The molecule has 1 unspecified atom stereocenters. The molecule has 0 aromatic heterocycles. The van der Waals surface area contributed by atoms with Gasteiger partial charge in [-0.25, -0.2) is 0 Å². The Labute approximate surface area is 75.3 Å². The normalized spacial score (nSPS) is 14.1. The van der Waals surface area contributed by atoms with Crippen LogP contribution in [0.3, 0.4) is 0 Å². The number of hydrogen-bond acceptors (Lipinski definition) is 4. The van der Waals surface area contributed by atoms with Gasteiger partial charge in [0.05, 0.1) is 0 Å². The van der Waals surface area contributed by atoms with Crippen molar-refractivity contribution in [2.24, 2.45) is 5.73 Å². The van der Waals surface area contributed by atoms with Gasteiger partial charge in [-0.3, -0.25) is 4.55 Å². The van der Waals surface area contributed by atoms with Crippen molar-refractivity contribution in [1.29, 1.82) is 0 Å². The zero-order valence-electron chi connectivity index (χ0n) is 3.98. The fourth-order valence-corrected chi connectivity index (χ4v) is 0.365. The molecule has 0 aliphatic carbocycles. The van der Waals surface area contributed by atoms with E-state index in [1.54, 1.807) is 0 Å². The van der Waals surface area contributed by atoms with Crippen molar-refractivity contribution in [3.63, 3.8) is 0 Å². The van der Waals surface area contributed by atoms with Crippen molar-refractivity contribution >= 4 is 39.7 Å². The summed E-state index contributed by atoms with van der Waals surface area (Å²) in [6.45, 7) is -0.487. The van der Waals surface area contributed by atoms with Crippen LogP contribution in [0.1, 0.15) is 0 Å². The Balaban J connectivity index is 0. The van der Waals surface area contributed by atoms with E-state index in [-0.39, 0.29) is 29.6 Å². The fourth-order valence-electron chi connectivity index (χ4n) is 0.122. The molecule has 0 aliphatic rings. The maximum absolute atomic E-state index is 9.79. The van der Waals surface area contributed by atoms with Crippen LogP contribution in [-0.2, 0) is 10.1 Å². The molecule has 52 valence electrons. The summed E-state index contributed by atoms with van der Waals surface area (Å²) < 4.78 is 27.5. The van der Waals surface area contributed by atoms with Gasteiger partial charge in [-0.2, -0.15) is 8.42 Å². The predicted molar refractivity (Wildman–Crippen MR) is 33.8 cm³/mol. The van der Waals surface area contributed by atoms with Gasteiger partial charge in [-0.05, 0) is 0 Å². The Hall–Kier alpha value is 0.830. The second-order valence-corrected chi connectivity index (χ2v) is 2.78. The standard InChI is InChI=1S/C2H7NO4S.Na.H/c3-1-2(4)8(5,6)7;;/h2,4H,1,3H2,(H,5,6,7);;. The quantitative estimate of drug-likeness (QED) is 0.310. The third-order valence-corrected chi connectivity index (χ3v) is 1.43. The van der Waals surface area contributed by atoms with Crippen molar-refractivity contribution in [3.05, 3.63) is 0 Å². The molecule has 0 amide bonds. The molecule has 0 saturated heterocycles. The van der Waals surface area contributed by atoms with E-state index in [2.05, 4.69) is 5.73 Å². The summed E-state index contributed by atoms with van der Waals surface area (Å²) >= 11 is 0. The third-order valence-electron chi connectivity index (χ3n) is 0.545. The minimum absolute atomic E-state index is 0. The molecule has 0 saturated carbocycles. The van der Waals surface area contributed by atoms with Crippen LogP contribution < -0.4 is 5.73 Å². The van der Waals surface area contributed by atoms with Crippen LogP contribution >= 0.6 is 0 Å². The monoisotopic (exact) mass is 165 g/mol. The number of rotatable bonds is 2. The molecule has 0 heterocycles. The Kier molecular flexibility index (Phi) is 6.41. The van der Waals surface area contributed by atoms with Crippen LogP contribution in [0.25, 0.3) is 0 Å². The second-order valence-electron chi connectivity index (χ2n) is 1.21. The first-order valence-electron chi connectivity index (χ1n) is 1.83. The second kappa shape index (κ2) is 4.62. The average molecular weight is 165 g/mol. The van der Waals surface area contributed by atoms with Gasteiger partial charge < -0.3 is 10.8 Å². The molecule has 9 heavy (non-hydrogen) atoms. The molecule has 0 spiro atoms. The molecule has 0 radical (unpaired) electrons. The summed E-state index contributed by atoms with van der Waals surface area (Å²) in [6, 6.07) is 0. The van der Waals surface area contributed by atoms with Crippen LogP contribution in [0.2, 0.25) is 0 Å². The van der Waals surface area contributed by atoms with Crippen LogP contribution in [0.4, 0.5) is 0 Å². The molecule has 0 aliphatic heterocycles. The van der Waals surface area contributed by atoms with Gasteiger partial charge >= 0.3 is 29.6 Å². The molecule has 5 nitrogen and oxygen atoms in total. The number of aliphatic hydroxyl groups is 1. The van der Waals surface area contributed by atoms with Gasteiger partial charge in [-0.15, -0.1) is 0 Å². The Morgan fingerprint density at radius 1 is 1.56 bits per heavy atom. The van der Waals surface area contributed by atoms with Gasteiger partial charge in [0.2, 0.25) is 0 Å². The van der Waals surface area contributed by atoms with Crippen molar-refractivity contribution in [2.75, 3.05) is 6.54 Å². The molecule has 0 rings (SSSR count). The van der Waals surface area contributed by atoms with Gasteiger partial charge in [0.25, 0.3) is 10.1 Å². The molecule has 4 N–H and O–H groups in total. The molecule has 7 heteroatoms. The van der Waals surface area contributed by atoms with E-state index in [9.17, 15) is 8.42 Å².